The molecule has 1 heterocycles. The number of nitrogens with zero attached hydrogens (tertiary/aromatic N) is 1. The zero-order valence-electron chi connectivity index (χ0n) is 10.3. The highest BCUT2D eigenvalue weighted by atomic mass is 16.6. The van der Waals surface area contributed by atoms with Gasteiger partial charge >= 0.3 is 5.97 Å². The molecule has 1 aromatic rings. The van der Waals surface area contributed by atoms with Crippen LogP contribution in [0.5, 0.6) is 5.88 Å². The molecule has 0 saturated heterocycles. The van der Waals surface area contributed by atoms with E-state index in [9.17, 15) is 9.59 Å². The van der Waals surface area contributed by atoms with Crippen LogP contribution in [0.2, 0.25) is 0 Å². The number of ketones is 1. The van der Waals surface area contributed by atoms with Crippen LogP contribution in [-0.2, 0) is 9.53 Å². The van der Waals surface area contributed by atoms with E-state index in [0.29, 0.717) is 0 Å². The zero-order chi connectivity index (χ0) is 13.1. The second kappa shape index (κ2) is 4.95. The van der Waals surface area contributed by atoms with E-state index in [1.54, 1.807) is 26.8 Å². The number of esters is 1. The van der Waals surface area contributed by atoms with Crippen LogP contribution in [-0.4, -0.2) is 29.4 Å². The second-order valence-electron chi connectivity index (χ2n) is 4.39. The van der Waals surface area contributed by atoms with Gasteiger partial charge in [0.25, 0.3) is 5.78 Å². The largest absolute Gasteiger partial charge is 0.480 e. The zero-order valence-corrected chi connectivity index (χ0v) is 10.3. The summed E-state index contributed by atoms with van der Waals surface area (Å²) < 4.78 is 9.89. The molecular weight excluding hydrogens is 222 g/mol. The molecule has 5 nitrogen and oxygen atoms in total. The molecule has 17 heavy (non-hydrogen) atoms. The van der Waals surface area contributed by atoms with Crippen LogP contribution in [0.4, 0.5) is 0 Å². The highest BCUT2D eigenvalue weighted by Crippen LogP contribution is 2.16. The van der Waals surface area contributed by atoms with E-state index in [4.69, 9.17) is 9.47 Å². The minimum atomic E-state index is -0.913. The van der Waals surface area contributed by atoms with E-state index >= 15 is 0 Å². The smallest absolute Gasteiger partial charge is 0.380 e. The molecule has 0 amide bonds. The number of methoxy groups -OCH3 is 1. The van der Waals surface area contributed by atoms with Crippen molar-refractivity contribution in [3.8, 4) is 5.88 Å². The lowest BCUT2D eigenvalue weighted by Crippen LogP contribution is -2.29. The first-order valence-corrected chi connectivity index (χ1v) is 5.12. The van der Waals surface area contributed by atoms with Crippen LogP contribution in [0, 0.1) is 0 Å². The fraction of sp³-hybridized carbons (Fsp3) is 0.417. The number of ether oxygens (including phenoxy) is 2. The van der Waals surface area contributed by atoms with Crippen molar-refractivity contribution >= 4 is 11.8 Å². The average Bonchev–Trinajstić information content (AvgIpc) is 2.25. The third-order valence-corrected chi connectivity index (χ3v) is 1.79. The Kier molecular flexibility index (Phi) is 3.83. The monoisotopic (exact) mass is 237 g/mol. The van der Waals surface area contributed by atoms with Gasteiger partial charge < -0.3 is 9.47 Å². The standard InChI is InChI=1S/C12H15NO4/c1-12(2,3)17-11(15)9(14)8-6-5-7-13-10(8)16-4/h5-7H,1-4H3. The fourth-order valence-electron chi connectivity index (χ4n) is 1.16. The maximum Gasteiger partial charge on any atom is 0.380 e. The molecule has 92 valence electrons. The van der Waals surface area contributed by atoms with Crippen LogP contribution in [0.1, 0.15) is 31.1 Å². The summed E-state index contributed by atoms with van der Waals surface area (Å²) in [7, 11) is 1.38. The number of Topliss-reactive ketones (excluding diaryl/α,β-unsaturated/α-hetero) is 1. The van der Waals surface area contributed by atoms with Gasteiger partial charge in [-0.3, -0.25) is 4.79 Å². The van der Waals surface area contributed by atoms with Gasteiger partial charge in [-0.1, -0.05) is 0 Å². The normalized spacial score (nSPS) is 10.8. The molecule has 0 aliphatic rings. The van der Waals surface area contributed by atoms with E-state index in [2.05, 4.69) is 4.98 Å². The van der Waals surface area contributed by atoms with Crippen LogP contribution in [0.3, 0.4) is 0 Å². The Labute approximate surface area is 99.8 Å². The highest BCUT2D eigenvalue weighted by Gasteiger charge is 2.26. The van der Waals surface area contributed by atoms with Gasteiger partial charge in [0, 0.05) is 6.20 Å². The van der Waals surface area contributed by atoms with Crippen molar-refractivity contribution in [2.75, 3.05) is 7.11 Å². The summed E-state index contributed by atoms with van der Waals surface area (Å²) in [5.74, 6) is -1.56. The molecular formula is C12H15NO4. The molecule has 0 bridgehead atoms. The maximum atomic E-state index is 11.8. The minimum Gasteiger partial charge on any atom is -0.480 e. The summed E-state index contributed by atoms with van der Waals surface area (Å²) in [6.45, 7) is 5.08. The molecule has 5 heteroatoms. The summed E-state index contributed by atoms with van der Waals surface area (Å²) in [5, 5.41) is 0. The molecule has 0 aliphatic heterocycles. The first kappa shape index (κ1) is 13.2. The van der Waals surface area contributed by atoms with Crippen LogP contribution in [0.25, 0.3) is 0 Å². The molecule has 0 atom stereocenters. The number of pyridine rings is 1. The van der Waals surface area contributed by atoms with E-state index < -0.39 is 17.4 Å². The van der Waals surface area contributed by atoms with Crippen LogP contribution >= 0.6 is 0 Å². The number of rotatable bonds is 3. The lowest BCUT2D eigenvalue weighted by atomic mass is 10.1. The van der Waals surface area contributed by atoms with Crippen molar-refractivity contribution in [2.45, 2.75) is 26.4 Å². The predicted octanol–water partition coefficient (Wildman–Crippen LogP) is 1.61. The van der Waals surface area contributed by atoms with Crippen molar-refractivity contribution in [2.24, 2.45) is 0 Å². The number of hydrogen-bond acceptors (Lipinski definition) is 5. The fourth-order valence-corrected chi connectivity index (χ4v) is 1.16. The molecule has 1 aromatic heterocycles. The molecule has 1 rings (SSSR count). The molecule has 0 N–H and O–H groups in total. The molecule has 0 radical (unpaired) electrons. The lowest BCUT2D eigenvalue weighted by Gasteiger charge is -2.18. The summed E-state index contributed by atoms with van der Waals surface area (Å²) in [5.41, 5.74) is -0.605. The van der Waals surface area contributed by atoms with Gasteiger partial charge in [0.2, 0.25) is 5.88 Å². The third kappa shape index (κ3) is 3.55. The molecule has 0 fully saturated rings. The topological polar surface area (TPSA) is 65.5 Å². The quantitative estimate of drug-likeness (QED) is 0.454. The van der Waals surface area contributed by atoms with Gasteiger partial charge in [-0.15, -0.1) is 0 Å². The molecule has 0 saturated carbocycles. The SMILES string of the molecule is COc1ncccc1C(=O)C(=O)OC(C)(C)C. The third-order valence-electron chi connectivity index (χ3n) is 1.79. The van der Waals surface area contributed by atoms with Gasteiger partial charge in [0.1, 0.15) is 5.60 Å². The van der Waals surface area contributed by atoms with E-state index in [1.165, 1.54) is 19.4 Å². The predicted molar refractivity (Wildman–Crippen MR) is 61.0 cm³/mol. The number of aromatic nitrogens is 1. The van der Waals surface area contributed by atoms with Gasteiger partial charge in [-0.2, -0.15) is 0 Å². The van der Waals surface area contributed by atoms with Crippen LogP contribution < -0.4 is 4.74 Å². The van der Waals surface area contributed by atoms with Gasteiger partial charge in [0.05, 0.1) is 12.7 Å². The molecule has 0 spiro atoms. The van der Waals surface area contributed by atoms with Crippen molar-refractivity contribution < 1.29 is 19.1 Å². The molecule has 0 aromatic carbocycles. The van der Waals surface area contributed by atoms with Gasteiger partial charge in [-0.25, -0.2) is 9.78 Å². The number of carbonyl (C=O) groups excluding carboxylic acids is 2. The summed E-state index contributed by atoms with van der Waals surface area (Å²) in [4.78, 5) is 27.2. The lowest BCUT2D eigenvalue weighted by molar-refractivity contribution is -0.148. The second-order valence-corrected chi connectivity index (χ2v) is 4.39. The summed E-state index contributed by atoms with van der Waals surface area (Å²) >= 11 is 0. The number of hydrogen-bond donors (Lipinski definition) is 0. The summed E-state index contributed by atoms with van der Waals surface area (Å²) in [6, 6.07) is 3.03. The van der Waals surface area contributed by atoms with E-state index in [0.717, 1.165) is 0 Å². The highest BCUT2D eigenvalue weighted by molar-refractivity contribution is 6.41. The molecule has 0 unspecified atom stereocenters. The van der Waals surface area contributed by atoms with Gasteiger partial charge in [0.15, 0.2) is 0 Å². The van der Waals surface area contributed by atoms with Crippen molar-refractivity contribution in [1.82, 2.24) is 4.98 Å². The Bertz CT molecular complexity index is 434. The van der Waals surface area contributed by atoms with Crippen molar-refractivity contribution in [1.29, 1.82) is 0 Å². The Morgan fingerprint density at radius 3 is 2.47 bits per heavy atom. The first-order chi connectivity index (χ1) is 7.85. The van der Waals surface area contributed by atoms with Crippen molar-refractivity contribution in [3.63, 3.8) is 0 Å². The Balaban J connectivity index is 2.93. The Morgan fingerprint density at radius 1 is 1.29 bits per heavy atom. The maximum absolute atomic E-state index is 11.8. The van der Waals surface area contributed by atoms with E-state index in [-0.39, 0.29) is 11.4 Å². The first-order valence-electron chi connectivity index (χ1n) is 5.12. The van der Waals surface area contributed by atoms with E-state index in [1.807, 2.05) is 0 Å². The number of carbonyl (C=O) groups is 2. The Morgan fingerprint density at radius 2 is 1.94 bits per heavy atom. The Hall–Kier alpha value is -1.91. The average molecular weight is 237 g/mol. The summed E-state index contributed by atoms with van der Waals surface area (Å²) in [6.07, 6.45) is 1.48. The van der Waals surface area contributed by atoms with Crippen LogP contribution in [0.15, 0.2) is 18.3 Å². The molecule has 0 aliphatic carbocycles. The minimum absolute atomic E-state index is 0.101. The van der Waals surface area contributed by atoms with Gasteiger partial charge in [-0.05, 0) is 32.9 Å². The van der Waals surface area contributed by atoms with Crippen molar-refractivity contribution in [3.05, 3.63) is 23.9 Å².